The lowest BCUT2D eigenvalue weighted by Gasteiger charge is -2.34. The molecule has 0 radical (unpaired) electrons. The highest BCUT2D eigenvalue weighted by molar-refractivity contribution is 7.99. The minimum absolute atomic E-state index is 0.333. The molecular formula is C11H23NOS. The van der Waals surface area contributed by atoms with Gasteiger partial charge in [-0.25, -0.2) is 0 Å². The van der Waals surface area contributed by atoms with Gasteiger partial charge < -0.3 is 10.4 Å². The van der Waals surface area contributed by atoms with Crippen LogP contribution in [-0.2, 0) is 0 Å². The van der Waals surface area contributed by atoms with E-state index in [2.05, 4.69) is 19.3 Å². The largest absolute Gasteiger partial charge is 0.396 e. The van der Waals surface area contributed by atoms with E-state index in [1.54, 1.807) is 0 Å². The van der Waals surface area contributed by atoms with Crippen molar-refractivity contribution in [2.24, 2.45) is 5.92 Å². The van der Waals surface area contributed by atoms with Crippen LogP contribution < -0.4 is 5.32 Å². The van der Waals surface area contributed by atoms with E-state index >= 15 is 0 Å². The topological polar surface area (TPSA) is 32.3 Å². The molecule has 0 saturated heterocycles. The van der Waals surface area contributed by atoms with E-state index < -0.39 is 0 Å². The van der Waals surface area contributed by atoms with E-state index in [1.165, 1.54) is 19.3 Å². The van der Waals surface area contributed by atoms with Gasteiger partial charge in [0.25, 0.3) is 0 Å². The number of hydrogen-bond acceptors (Lipinski definition) is 3. The molecule has 0 amide bonds. The van der Waals surface area contributed by atoms with Crippen LogP contribution in [0.15, 0.2) is 0 Å². The van der Waals surface area contributed by atoms with Crippen molar-refractivity contribution in [2.75, 3.05) is 19.4 Å². The molecule has 0 spiro atoms. The predicted molar refractivity (Wildman–Crippen MR) is 63.8 cm³/mol. The normalized spacial score (nSPS) is 33.2. The lowest BCUT2D eigenvalue weighted by molar-refractivity contribution is 0.295. The zero-order valence-corrected chi connectivity index (χ0v) is 10.1. The third kappa shape index (κ3) is 3.79. The van der Waals surface area contributed by atoms with Crippen molar-refractivity contribution in [3.05, 3.63) is 0 Å². The van der Waals surface area contributed by atoms with Gasteiger partial charge in [-0.1, -0.05) is 6.92 Å². The smallest absolute Gasteiger partial charge is 0.0438 e. The highest BCUT2D eigenvalue weighted by Crippen LogP contribution is 2.32. The first-order valence-electron chi connectivity index (χ1n) is 5.67. The Morgan fingerprint density at radius 2 is 2.21 bits per heavy atom. The van der Waals surface area contributed by atoms with Gasteiger partial charge in [-0.2, -0.15) is 11.8 Å². The summed E-state index contributed by atoms with van der Waals surface area (Å²) in [6.45, 7) is 2.69. The van der Waals surface area contributed by atoms with Crippen LogP contribution in [0, 0.1) is 5.92 Å². The summed E-state index contributed by atoms with van der Waals surface area (Å²) in [7, 11) is 2.07. The van der Waals surface area contributed by atoms with Gasteiger partial charge in [-0.15, -0.1) is 0 Å². The summed E-state index contributed by atoms with van der Waals surface area (Å²) in [6.07, 6.45) is 4.95. The second-order valence-corrected chi connectivity index (χ2v) is 5.65. The highest BCUT2D eigenvalue weighted by atomic mass is 32.2. The van der Waals surface area contributed by atoms with Gasteiger partial charge in [0, 0.05) is 17.9 Å². The second kappa shape index (κ2) is 6.70. The lowest BCUT2D eigenvalue weighted by Crippen LogP contribution is -2.40. The summed E-state index contributed by atoms with van der Waals surface area (Å²) < 4.78 is 0. The fraction of sp³-hybridized carbons (Fsp3) is 1.00. The van der Waals surface area contributed by atoms with Crippen molar-refractivity contribution >= 4 is 11.8 Å². The molecule has 3 heteroatoms. The van der Waals surface area contributed by atoms with Crippen LogP contribution in [0.2, 0.25) is 0 Å². The minimum Gasteiger partial charge on any atom is -0.396 e. The molecule has 0 aromatic rings. The number of nitrogens with one attached hydrogen (secondary N) is 1. The van der Waals surface area contributed by atoms with Crippen LogP contribution in [0.3, 0.4) is 0 Å². The number of thioether (sulfide) groups is 1. The fourth-order valence-electron chi connectivity index (χ4n) is 2.14. The van der Waals surface area contributed by atoms with E-state index in [0.29, 0.717) is 12.6 Å². The fourth-order valence-corrected chi connectivity index (χ4v) is 3.71. The van der Waals surface area contributed by atoms with Gasteiger partial charge in [0.1, 0.15) is 0 Å². The Morgan fingerprint density at radius 1 is 1.43 bits per heavy atom. The summed E-state index contributed by atoms with van der Waals surface area (Å²) in [5, 5.41) is 12.9. The Labute approximate surface area is 91.9 Å². The van der Waals surface area contributed by atoms with Crippen molar-refractivity contribution in [2.45, 2.75) is 43.9 Å². The first-order valence-corrected chi connectivity index (χ1v) is 6.72. The van der Waals surface area contributed by atoms with E-state index in [4.69, 9.17) is 5.11 Å². The van der Waals surface area contributed by atoms with Gasteiger partial charge in [0.05, 0.1) is 0 Å². The number of aliphatic hydroxyl groups is 1. The minimum atomic E-state index is 0.333. The lowest BCUT2D eigenvalue weighted by atomic mass is 9.87. The predicted octanol–water partition coefficient (Wildman–Crippen LogP) is 1.88. The SMILES string of the molecule is CNC1CCC(C)CC1SCCCO. The molecule has 14 heavy (non-hydrogen) atoms. The molecule has 3 atom stereocenters. The maximum atomic E-state index is 8.74. The Bertz CT molecular complexity index is 154. The molecule has 0 heterocycles. The van der Waals surface area contributed by atoms with Gasteiger partial charge >= 0.3 is 0 Å². The van der Waals surface area contributed by atoms with Crippen molar-refractivity contribution in [1.29, 1.82) is 0 Å². The maximum Gasteiger partial charge on any atom is 0.0438 e. The Hall–Kier alpha value is 0.270. The number of aliphatic hydroxyl groups excluding tert-OH is 1. The van der Waals surface area contributed by atoms with E-state index in [1.807, 2.05) is 11.8 Å². The van der Waals surface area contributed by atoms with Crippen LogP contribution in [-0.4, -0.2) is 35.8 Å². The Kier molecular flexibility index (Phi) is 5.90. The first kappa shape index (κ1) is 12.3. The second-order valence-electron chi connectivity index (χ2n) is 4.30. The molecular weight excluding hydrogens is 194 g/mol. The van der Waals surface area contributed by atoms with Crippen LogP contribution in [0.5, 0.6) is 0 Å². The molecule has 2 nitrogen and oxygen atoms in total. The van der Waals surface area contributed by atoms with Crippen molar-refractivity contribution in [1.82, 2.24) is 5.32 Å². The summed E-state index contributed by atoms with van der Waals surface area (Å²) in [6, 6.07) is 0.690. The quantitative estimate of drug-likeness (QED) is 0.690. The van der Waals surface area contributed by atoms with Crippen molar-refractivity contribution < 1.29 is 5.11 Å². The molecule has 2 N–H and O–H groups in total. The highest BCUT2D eigenvalue weighted by Gasteiger charge is 2.27. The van der Waals surface area contributed by atoms with Gasteiger partial charge in [0.2, 0.25) is 0 Å². The average Bonchev–Trinajstić information content (AvgIpc) is 2.19. The van der Waals surface area contributed by atoms with Crippen molar-refractivity contribution in [3.63, 3.8) is 0 Å². The van der Waals surface area contributed by atoms with Crippen LogP contribution in [0.25, 0.3) is 0 Å². The Morgan fingerprint density at radius 3 is 2.86 bits per heavy atom. The number of rotatable bonds is 5. The standard InChI is InChI=1S/C11H23NOS/c1-9-4-5-10(12-2)11(8-9)14-7-3-6-13/h9-13H,3-8H2,1-2H3. The van der Waals surface area contributed by atoms with E-state index in [9.17, 15) is 0 Å². The third-order valence-corrected chi connectivity index (χ3v) is 4.53. The summed E-state index contributed by atoms with van der Waals surface area (Å²) in [4.78, 5) is 0. The molecule has 0 aromatic carbocycles. The third-order valence-electron chi connectivity index (χ3n) is 3.06. The molecule has 1 aliphatic carbocycles. The maximum absolute atomic E-state index is 8.74. The Balaban J connectivity index is 2.29. The number of hydrogen-bond donors (Lipinski definition) is 2. The van der Waals surface area contributed by atoms with Crippen LogP contribution in [0.1, 0.15) is 32.6 Å². The van der Waals surface area contributed by atoms with Crippen LogP contribution >= 0.6 is 11.8 Å². The van der Waals surface area contributed by atoms with Gasteiger partial charge in [-0.3, -0.25) is 0 Å². The van der Waals surface area contributed by atoms with Gasteiger partial charge in [0.15, 0.2) is 0 Å². The molecule has 84 valence electrons. The average molecular weight is 217 g/mol. The zero-order valence-electron chi connectivity index (χ0n) is 9.33. The van der Waals surface area contributed by atoms with Crippen molar-refractivity contribution in [3.8, 4) is 0 Å². The molecule has 1 rings (SSSR count). The molecule has 0 aromatic heterocycles. The summed E-state index contributed by atoms with van der Waals surface area (Å²) in [5.41, 5.74) is 0. The molecule has 0 bridgehead atoms. The molecule has 1 aliphatic rings. The van der Waals surface area contributed by atoms with Gasteiger partial charge in [-0.05, 0) is 44.4 Å². The summed E-state index contributed by atoms with van der Waals surface area (Å²) in [5.74, 6) is 1.98. The van der Waals surface area contributed by atoms with E-state index in [-0.39, 0.29) is 0 Å². The molecule has 1 saturated carbocycles. The monoisotopic (exact) mass is 217 g/mol. The molecule has 1 fully saturated rings. The molecule has 3 unspecified atom stereocenters. The molecule has 0 aliphatic heterocycles. The zero-order chi connectivity index (χ0) is 10.4. The summed E-state index contributed by atoms with van der Waals surface area (Å²) >= 11 is 2.04. The van der Waals surface area contributed by atoms with E-state index in [0.717, 1.165) is 23.3 Å². The first-order chi connectivity index (χ1) is 6.77. The van der Waals surface area contributed by atoms with Crippen LogP contribution in [0.4, 0.5) is 0 Å².